The molecular formula is C18H36O9. The van der Waals surface area contributed by atoms with E-state index in [1.807, 2.05) is 6.92 Å². The summed E-state index contributed by atoms with van der Waals surface area (Å²) in [7, 11) is 1.44. The summed E-state index contributed by atoms with van der Waals surface area (Å²) >= 11 is 0. The second-order valence-corrected chi connectivity index (χ2v) is 7.36. The van der Waals surface area contributed by atoms with Crippen molar-refractivity contribution in [2.75, 3.05) is 20.3 Å². The van der Waals surface area contributed by atoms with Crippen molar-refractivity contribution in [3.8, 4) is 0 Å². The Morgan fingerprint density at radius 3 is 2.15 bits per heavy atom. The van der Waals surface area contributed by atoms with Crippen LogP contribution in [0.4, 0.5) is 0 Å². The standard InChI is InChI=1S/C18H36O9/c1-6-10(4)13(21)16(11(20)7-19)27-18-15(23)17(25-9(2)3)14(22)12(26-18)8-24-5/h9-23H,6-8H2,1-5H3/t10?,11?,12?,13-,14+,15?,16-,17+,18+/m1/s1. The Kier molecular flexibility index (Phi) is 10.6. The van der Waals surface area contributed by atoms with E-state index in [0.29, 0.717) is 6.42 Å². The van der Waals surface area contributed by atoms with Crippen molar-refractivity contribution >= 4 is 0 Å². The maximum atomic E-state index is 10.6. The fourth-order valence-electron chi connectivity index (χ4n) is 3.01. The first-order valence-electron chi connectivity index (χ1n) is 9.46. The van der Waals surface area contributed by atoms with E-state index in [4.69, 9.17) is 18.9 Å². The molecule has 5 N–H and O–H groups in total. The van der Waals surface area contributed by atoms with E-state index in [0.717, 1.165) is 0 Å². The Balaban J connectivity index is 3.03. The minimum absolute atomic E-state index is 0.0346. The second-order valence-electron chi connectivity index (χ2n) is 7.36. The van der Waals surface area contributed by atoms with Gasteiger partial charge >= 0.3 is 0 Å². The molecule has 0 amide bonds. The summed E-state index contributed by atoms with van der Waals surface area (Å²) in [6, 6.07) is 0. The van der Waals surface area contributed by atoms with Gasteiger partial charge in [0, 0.05) is 7.11 Å². The molecule has 1 heterocycles. The van der Waals surface area contributed by atoms with Crippen molar-refractivity contribution in [3.05, 3.63) is 0 Å². The largest absolute Gasteiger partial charge is 0.394 e. The molecule has 9 heteroatoms. The first kappa shape index (κ1) is 24.7. The van der Waals surface area contributed by atoms with Crippen LogP contribution in [0.1, 0.15) is 34.1 Å². The fourth-order valence-corrected chi connectivity index (χ4v) is 3.01. The lowest BCUT2D eigenvalue weighted by molar-refractivity contribution is -0.334. The molecule has 1 aliphatic heterocycles. The quantitative estimate of drug-likeness (QED) is 0.298. The second kappa shape index (κ2) is 11.6. The molecule has 1 rings (SSSR count). The molecule has 0 aliphatic carbocycles. The van der Waals surface area contributed by atoms with Crippen LogP contribution >= 0.6 is 0 Å². The van der Waals surface area contributed by atoms with Crippen LogP contribution in [-0.2, 0) is 18.9 Å². The zero-order valence-electron chi connectivity index (χ0n) is 16.8. The molecule has 1 aliphatic rings. The predicted octanol–water partition coefficient (Wildman–Crippen LogP) is -0.981. The molecule has 9 atom stereocenters. The highest BCUT2D eigenvalue weighted by Crippen LogP contribution is 2.28. The molecule has 0 saturated carbocycles. The zero-order valence-corrected chi connectivity index (χ0v) is 16.8. The van der Waals surface area contributed by atoms with Crippen molar-refractivity contribution < 1.29 is 44.5 Å². The van der Waals surface area contributed by atoms with Crippen LogP contribution < -0.4 is 0 Å². The maximum Gasteiger partial charge on any atom is 0.187 e. The third-order valence-corrected chi connectivity index (χ3v) is 4.82. The van der Waals surface area contributed by atoms with Crippen molar-refractivity contribution in [2.24, 2.45) is 5.92 Å². The monoisotopic (exact) mass is 396 g/mol. The van der Waals surface area contributed by atoms with Crippen molar-refractivity contribution in [1.29, 1.82) is 0 Å². The number of aliphatic hydroxyl groups excluding tert-OH is 5. The smallest absolute Gasteiger partial charge is 0.187 e. The van der Waals surface area contributed by atoms with Crippen LogP contribution in [0, 0.1) is 5.92 Å². The summed E-state index contributed by atoms with van der Waals surface area (Å²) in [5, 5.41) is 51.0. The van der Waals surface area contributed by atoms with Crippen LogP contribution in [0.2, 0.25) is 0 Å². The highest BCUT2D eigenvalue weighted by molar-refractivity contribution is 4.92. The minimum Gasteiger partial charge on any atom is -0.394 e. The van der Waals surface area contributed by atoms with E-state index in [1.165, 1.54) is 7.11 Å². The molecule has 0 bridgehead atoms. The first-order valence-corrected chi connectivity index (χ1v) is 9.46. The van der Waals surface area contributed by atoms with E-state index in [2.05, 4.69) is 0 Å². The van der Waals surface area contributed by atoms with Crippen molar-refractivity contribution in [2.45, 2.75) is 89.2 Å². The molecule has 0 aromatic rings. The zero-order chi connectivity index (χ0) is 20.7. The minimum atomic E-state index is -1.37. The lowest BCUT2D eigenvalue weighted by Crippen LogP contribution is -2.62. The van der Waals surface area contributed by atoms with Crippen LogP contribution in [0.15, 0.2) is 0 Å². The van der Waals surface area contributed by atoms with E-state index >= 15 is 0 Å². The van der Waals surface area contributed by atoms with Gasteiger partial charge in [-0.2, -0.15) is 0 Å². The molecule has 0 aromatic carbocycles. The molecule has 1 saturated heterocycles. The Morgan fingerprint density at radius 2 is 1.67 bits per heavy atom. The first-order chi connectivity index (χ1) is 12.7. The molecule has 0 aromatic heterocycles. The Morgan fingerprint density at radius 1 is 1.04 bits per heavy atom. The van der Waals surface area contributed by atoms with E-state index in [1.54, 1.807) is 20.8 Å². The SMILES string of the molecule is CCC(C)[C@@H](O)[C@H](O[C@@H]1OC(COC)[C@H](O)[C@H](OC(C)C)C1O)C(O)CO. The Hall–Kier alpha value is -0.360. The van der Waals surface area contributed by atoms with Gasteiger partial charge in [-0.25, -0.2) is 0 Å². The highest BCUT2D eigenvalue weighted by atomic mass is 16.7. The molecule has 0 radical (unpaired) electrons. The molecule has 4 unspecified atom stereocenters. The summed E-state index contributed by atoms with van der Waals surface area (Å²) < 4.78 is 22.0. The van der Waals surface area contributed by atoms with Crippen LogP contribution in [0.5, 0.6) is 0 Å². The third kappa shape index (κ3) is 6.59. The van der Waals surface area contributed by atoms with E-state index in [9.17, 15) is 25.5 Å². The predicted molar refractivity (Wildman–Crippen MR) is 96.0 cm³/mol. The normalized spacial score (nSPS) is 33.7. The highest BCUT2D eigenvalue weighted by Gasteiger charge is 2.48. The molecule has 27 heavy (non-hydrogen) atoms. The van der Waals surface area contributed by atoms with Gasteiger partial charge in [0.25, 0.3) is 0 Å². The summed E-state index contributed by atoms with van der Waals surface area (Å²) in [6.45, 7) is 6.59. The van der Waals surface area contributed by atoms with Gasteiger partial charge in [-0.3, -0.25) is 0 Å². The molecule has 9 nitrogen and oxygen atoms in total. The van der Waals surface area contributed by atoms with E-state index < -0.39 is 55.6 Å². The molecule has 162 valence electrons. The van der Waals surface area contributed by atoms with Gasteiger partial charge in [-0.05, 0) is 19.8 Å². The van der Waals surface area contributed by atoms with Gasteiger partial charge in [0.05, 0.1) is 25.4 Å². The average molecular weight is 396 g/mol. The molecule has 1 fully saturated rings. The van der Waals surface area contributed by atoms with E-state index in [-0.39, 0.29) is 18.6 Å². The third-order valence-electron chi connectivity index (χ3n) is 4.82. The van der Waals surface area contributed by atoms with Gasteiger partial charge in [-0.1, -0.05) is 20.3 Å². The summed E-state index contributed by atoms with van der Waals surface area (Å²) in [5.74, 6) is -0.222. The lowest BCUT2D eigenvalue weighted by Gasteiger charge is -2.44. The van der Waals surface area contributed by atoms with Gasteiger partial charge in [0.2, 0.25) is 0 Å². The van der Waals surface area contributed by atoms with Gasteiger partial charge in [0.1, 0.15) is 36.6 Å². The molecular weight excluding hydrogens is 360 g/mol. The number of rotatable bonds is 11. The number of ether oxygens (including phenoxy) is 4. The van der Waals surface area contributed by atoms with Crippen molar-refractivity contribution in [1.82, 2.24) is 0 Å². The van der Waals surface area contributed by atoms with Crippen molar-refractivity contribution in [3.63, 3.8) is 0 Å². The fraction of sp³-hybridized carbons (Fsp3) is 1.00. The van der Waals surface area contributed by atoms with Crippen LogP contribution in [0.3, 0.4) is 0 Å². The summed E-state index contributed by atoms with van der Waals surface area (Å²) in [5.41, 5.74) is 0. The summed E-state index contributed by atoms with van der Waals surface area (Å²) in [6.07, 6.45) is -8.95. The average Bonchev–Trinajstić information content (AvgIpc) is 2.64. The lowest BCUT2D eigenvalue weighted by atomic mass is 9.93. The number of hydrogen-bond acceptors (Lipinski definition) is 9. The van der Waals surface area contributed by atoms with Gasteiger partial charge < -0.3 is 44.5 Å². The summed E-state index contributed by atoms with van der Waals surface area (Å²) in [4.78, 5) is 0. The number of hydrogen-bond donors (Lipinski definition) is 5. The Labute approximate surface area is 160 Å². The molecule has 0 spiro atoms. The van der Waals surface area contributed by atoms with Gasteiger partial charge in [0.15, 0.2) is 6.29 Å². The Bertz CT molecular complexity index is 408. The topological polar surface area (TPSA) is 138 Å². The maximum absolute atomic E-state index is 10.6. The number of aliphatic hydroxyl groups is 5. The van der Waals surface area contributed by atoms with Crippen LogP contribution in [-0.4, -0.2) is 101 Å². The number of methoxy groups -OCH3 is 1. The van der Waals surface area contributed by atoms with Gasteiger partial charge in [-0.15, -0.1) is 0 Å². The van der Waals surface area contributed by atoms with Crippen LogP contribution in [0.25, 0.3) is 0 Å².